The minimum Gasteiger partial charge on any atom is -0.496 e. The number of ketones is 1. The fourth-order valence-corrected chi connectivity index (χ4v) is 10.1. The molecule has 26 heteroatoms. The van der Waals surface area contributed by atoms with Crippen LogP contribution in [0.3, 0.4) is 0 Å². The van der Waals surface area contributed by atoms with Crippen molar-refractivity contribution in [3.63, 3.8) is 0 Å². The second kappa shape index (κ2) is 23.8. The topological polar surface area (TPSA) is 175 Å². The van der Waals surface area contributed by atoms with Gasteiger partial charge in [-0.15, -0.1) is 0 Å². The van der Waals surface area contributed by atoms with E-state index in [4.69, 9.17) is 42.1 Å². The predicted molar refractivity (Wildman–Crippen MR) is 254 cm³/mol. The third-order valence-corrected chi connectivity index (χ3v) is 14.3. The smallest absolute Gasteiger partial charge is 0.417 e. The van der Waals surface area contributed by atoms with Gasteiger partial charge in [0.05, 0.1) is 67.8 Å². The number of anilines is 2. The van der Waals surface area contributed by atoms with E-state index in [0.29, 0.717) is 31.9 Å². The van der Waals surface area contributed by atoms with Gasteiger partial charge in [0.2, 0.25) is 5.78 Å². The van der Waals surface area contributed by atoms with Gasteiger partial charge in [-0.05, 0) is 97.8 Å². The van der Waals surface area contributed by atoms with Crippen molar-refractivity contribution in [3.05, 3.63) is 164 Å². The molecule has 0 spiro atoms. The zero-order valence-corrected chi connectivity index (χ0v) is 41.4. The van der Waals surface area contributed by atoms with Gasteiger partial charge >= 0.3 is 12.4 Å². The standard InChI is InChI=1S/C23H21ClF4N2O5S.C23H19ClF4N2O5S.CH4/c2*1-13-9-18(21(29-11-13)22(31)20-17(25)5-4-6-19(20)35-3)30(12-34-2)36(32,33)14-7-8-16(24)15(10-14)23(26,27)28;/h4-11,22,31H,12H2,1-3H3;4-11H,12H2,1-3H3;1H4. The number of nitrogens with zero attached hydrogens (tertiary/aromatic N) is 4. The van der Waals surface area contributed by atoms with Gasteiger partial charge in [0, 0.05) is 26.6 Å². The van der Waals surface area contributed by atoms with Crippen LogP contribution in [0.1, 0.15) is 63.1 Å². The molecule has 2 aromatic heterocycles. The van der Waals surface area contributed by atoms with Crippen LogP contribution < -0.4 is 18.1 Å². The number of aliphatic hydroxyl groups is 1. The third-order valence-electron chi connectivity index (χ3n) is 10.1. The summed E-state index contributed by atoms with van der Waals surface area (Å²) in [6.45, 7) is 1.77. The van der Waals surface area contributed by atoms with E-state index in [1.807, 2.05) is 0 Å². The molecular weight excluding hydrogens is 1070 g/mol. The molecule has 0 aliphatic carbocycles. The molecule has 4 aromatic carbocycles. The van der Waals surface area contributed by atoms with Gasteiger partial charge in [-0.2, -0.15) is 26.3 Å². The van der Waals surface area contributed by atoms with Crippen molar-refractivity contribution < 1.29 is 80.8 Å². The maximum absolute atomic E-state index is 14.7. The van der Waals surface area contributed by atoms with Gasteiger partial charge in [0.1, 0.15) is 54.0 Å². The first-order valence-electron chi connectivity index (χ1n) is 20.2. The predicted octanol–water partition coefficient (Wildman–Crippen LogP) is 11.0. The summed E-state index contributed by atoms with van der Waals surface area (Å²) >= 11 is 11.3. The zero-order valence-electron chi connectivity index (χ0n) is 38.2. The first-order chi connectivity index (χ1) is 33.6. The molecule has 6 rings (SSSR count). The lowest BCUT2D eigenvalue weighted by molar-refractivity contribution is -0.138. The molecule has 0 radical (unpaired) electrons. The van der Waals surface area contributed by atoms with Crippen LogP contribution in [0.4, 0.5) is 46.5 Å². The highest BCUT2D eigenvalue weighted by molar-refractivity contribution is 7.93. The van der Waals surface area contributed by atoms with E-state index in [0.717, 1.165) is 43.5 Å². The summed E-state index contributed by atoms with van der Waals surface area (Å²) in [5.41, 5.74) is -4.02. The molecule has 394 valence electrons. The minimum absolute atomic E-state index is 0. The number of aromatic nitrogens is 2. The lowest BCUT2D eigenvalue weighted by Gasteiger charge is -2.27. The van der Waals surface area contributed by atoms with Gasteiger partial charge < -0.3 is 24.1 Å². The van der Waals surface area contributed by atoms with Crippen LogP contribution in [-0.2, 0) is 41.9 Å². The van der Waals surface area contributed by atoms with Crippen molar-refractivity contribution in [2.45, 2.75) is 49.5 Å². The largest absolute Gasteiger partial charge is 0.496 e. The summed E-state index contributed by atoms with van der Waals surface area (Å²) in [5, 5.41) is 9.71. The number of aryl methyl sites for hydroxylation is 2. The number of halogens is 10. The number of carbonyl (C=O) groups is 1. The number of aliphatic hydroxyl groups excluding tert-OH is 1. The van der Waals surface area contributed by atoms with Crippen LogP contribution in [0, 0.1) is 25.5 Å². The highest BCUT2D eigenvalue weighted by Crippen LogP contribution is 2.41. The average Bonchev–Trinajstić information content (AvgIpc) is 3.31. The number of benzene rings is 4. The molecule has 0 bridgehead atoms. The van der Waals surface area contributed by atoms with Crippen LogP contribution in [0.5, 0.6) is 11.5 Å². The van der Waals surface area contributed by atoms with Gasteiger partial charge in [0.25, 0.3) is 20.0 Å². The van der Waals surface area contributed by atoms with Gasteiger partial charge in [0.15, 0.2) is 0 Å². The Kier molecular flexibility index (Phi) is 19.4. The van der Waals surface area contributed by atoms with Crippen molar-refractivity contribution in [3.8, 4) is 11.5 Å². The highest BCUT2D eigenvalue weighted by atomic mass is 35.5. The number of alkyl halides is 6. The second-order valence-electron chi connectivity index (χ2n) is 15.0. The molecule has 1 unspecified atom stereocenters. The number of carbonyl (C=O) groups excluding carboxylic acids is 1. The number of pyridine rings is 2. The summed E-state index contributed by atoms with van der Waals surface area (Å²) in [6, 6.07) is 14.3. The Morgan fingerprint density at radius 2 is 1.10 bits per heavy atom. The molecule has 0 aliphatic rings. The maximum Gasteiger partial charge on any atom is 0.417 e. The fourth-order valence-electron chi connectivity index (χ4n) is 6.79. The van der Waals surface area contributed by atoms with Crippen molar-refractivity contribution in [1.82, 2.24) is 9.97 Å². The Morgan fingerprint density at radius 3 is 1.56 bits per heavy atom. The SMILES string of the molecule is C.COCN(c1cc(C)cnc1C(=O)c1c(F)cccc1OC)S(=O)(=O)c1ccc(Cl)c(C(F)(F)F)c1.COCN(c1cc(C)cnc1C(O)c1c(F)cccc1OC)S(=O)(=O)c1ccc(Cl)c(C(F)(F)F)c1. The van der Waals surface area contributed by atoms with Gasteiger partial charge in [-0.3, -0.25) is 14.8 Å². The Balaban J connectivity index is 0.000000312. The lowest BCUT2D eigenvalue weighted by atomic mass is 10.0. The Morgan fingerprint density at radius 1 is 0.658 bits per heavy atom. The molecule has 0 saturated heterocycles. The van der Waals surface area contributed by atoms with E-state index in [2.05, 4.69) is 9.97 Å². The van der Waals surface area contributed by atoms with E-state index in [1.54, 1.807) is 13.8 Å². The maximum atomic E-state index is 14.7. The second-order valence-corrected chi connectivity index (χ2v) is 19.6. The van der Waals surface area contributed by atoms with Gasteiger partial charge in [-0.25, -0.2) is 34.2 Å². The molecule has 73 heavy (non-hydrogen) atoms. The summed E-state index contributed by atoms with van der Waals surface area (Å²) in [6.07, 6.45) is -9.07. The Labute approximate surface area is 424 Å². The van der Waals surface area contributed by atoms with Crippen LogP contribution in [-0.4, -0.2) is 79.6 Å². The number of hydrogen-bond donors (Lipinski definition) is 1. The van der Waals surface area contributed by atoms with E-state index < -0.39 is 112 Å². The molecule has 1 N–H and O–H groups in total. The molecule has 0 fully saturated rings. The zero-order chi connectivity index (χ0) is 53.7. The van der Waals surface area contributed by atoms with E-state index in [-0.39, 0.29) is 41.6 Å². The minimum atomic E-state index is -4.93. The molecule has 14 nitrogen and oxygen atoms in total. The Hall–Kier alpha value is -6.15. The van der Waals surface area contributed by atoms with Crippen LogP contribution in [0.2, 0.25) is 10.0 Å². The number of sulfonamides is 2. The van der Waals surface area contributed by atoms with Crippen molar-refractivity contribution in [1.29, 1.82) is 0 Å². The first kappa shape index (κ1) is 59.4. The fraction of sp³-hybridized carbons (Fsp3) is 0.255. The van der Waals surface area contributed by atoms with E-state index in [9.17, 15) is 61.9 Å². The van der Waals surface area contributed by atoms with Crippen molar-refractivity contribution in [2.24, 2.45) is 0 Å². The molecule has 0 amide bonds. The number of rotatable bonds is 16. The quantitative estimate of drug-likeness (QED) is 0.0552. The van der Waals surface area contributed by atoms with Crippen LogP contribution in [0.15, 0.2) is 107 Å². The van der Waals surface area contributed by atoms with E-state index in [1.165, 1.54) is 70.1 Å². The molecule has 1 atom stereocenters. The lowest BCUT2D eigenvalue weighted by Crippen LogP contribution is -2.34. The first-order valence-corrected chi connectivity index (χ1v) is 23.9. The Bertz CT molecular complexity index is 3210. The highest BCUT2D eigenvalue weighted by Gasteiger charge is 2.39. The summed E-state index contributed by atoms with van der Waals surface area (Å²) < 4.78 is 185. The molecule has 6 aromatic rings. The average molecular weight is 1110 g/mol. The molecule has 2 heterocycles. The number of ether oxygens (including phenoxy) is 4. The number of hydrogen-bond acceptors (Lipinski definition) is 12. The summed E-state index contributed by atoms with van der Waals surface area (Å²) in [5.74, 6) is -2.94. The summed E-state index contributed by atoms with van der Waals surface area (Å²) in [7, 11) is -4.69. The van der Waals surface area contributed by atoms with Crippen LogP contribution in [0.25, 0.3) is 0 Å². The monoisotopic (exact) mass is 1110 g/mol. The van der Waals surface area contributed by atoms with Crippen molar-refractivity contribution in [2.75, 3.05) is 50.5 Å². The van der Waals surface area contributed by atoms with E-state index >= 15 is 0 Å². The molecular formula is C47H44Cl2F8N4O10S2. The van der Waals surface area contributed by atoms with Gasteiger partial charge in [-0.1, -0.05) is 42.8 Å². The van der Waals surface area contributed by atoms with Crippen LogP contribution >= 0.6 is 23.2 Å². The molecule has 0 aliphatic heterocycles. The third kappa shape index (κ3) is 13.0. The molecule has 0 saturated carbocycles. The number of methoxy groups -OCH3 is 4. The summed E-state index contributed by atoms with van der Waals surface area (Å²) in [4.78, 5) is 20.0. The van der Waals surface area contributed by atoms with Crippen molar-refractivity contribution >= 4 is 60.4 Å². The normalized spacial score (nSPS) is 12.2.